The number of halogens is 1. The van der Waals surface area contributed by atoms with Crippen LogP contribution in [0.25, 0.3) is 0 Å². The van der Waals surface area contributed by atoms with Crippen molar-refractivity contribution < 1.29 is 9.90 Å². The molecule has 0 aliphatic heterocycles. The summed E-state index contributed by atoms with van der Waals surface area (Å²) in [6, 6.07) is 3.83. The van der Waals surface area contributed by atoms with Gasteiger partial charge < -0.3 is 15.3 Å². The van der Waals surface area contributed by atoms with E-state index in [9.17, 15) is 9.90 Å². The average molecular weight is 351 g/mol. The van der Waals surface area contributed by atoms with Crippen LogP contribution in [0, 0.1) is 11.3 Å². The Balaban J connectivity index is 1.98. The molecule has 0 bridgehead atoms. The number of hydrogen-bond donors (Lipinski definition) is 2. The van der Waals surface area contributed by atoms with Gasteiger partial charge in [-0.2, -0.15) is 5.26 Å². The Bertz CT molecular complexity index is 643. The van der Waals surface area contributed by atoms with Crippen LogP contribution in [-0.4, -0.2) is 38.7 Å². The summed E-state index contributed by atoms with van der Waals surface area (Å²) in [5, 5.41) is 22.1. The van der Waals surface area contributed by atoms with Gasteiger partial charge in [-0.15, -0.1) is 0 Å². The van der Waals surface area contributed by atoms with E-state index in [0.717, 1.165) is 25.7 Å². The summed E-state index contributed by atoms with van der Waals surface area (Å²) in [6.45, 7) is 5.77. The summed E-state index contributed by atoms with van der Waals surface area (Å²) >= 11 is 6.15. The number of carboxylic acid groups (broad SMARTS) is 1. The smallest absolute Gasteiger partial charge is 0.407 e. The Labute approximate surface area is 147 Å². The number of nitriles is 1. The fourth-order valence-corrected chi connectivity index (χ4v) is 3.49. The number of carbonyl (C=O) groups is 1. The fraction of sp³-hybridized carbons (Fsp3) is 0.588. The molecule has 0 atom stereocenters. The lowest BCUT2D eigenvalue weighted by atomic mass is 9.88. The molecule has 1 heterocycles. The van der Waals surface area contributed by atoms with Crippen molar-refractivity contribution in [1.29, 1.82) is 5.26 Å². The molecule has 7 heteroatoms. The first-order valence-corrected chi connectivity index (χ1v) is 8.44. The van der Waals surface area contributed by atoms with Gasteiger partial charge in [0, 0.05) is 23.8 Å². The summed E-state index contributed by atoms with van der Waals surface area (Å²) in [4.78, 5) is 17.3. The van der Waals surface area contributed by atoms with Crippen LogP contribution in [0.4, 0.5) is 10.6 Å². The molecular weight excluding hydrogens is 328 g/mol. The molecule has 2 rings (SSSR count). The molecule has 0 spiro atoms. The highest BCUT2D eigenvalue weighted by molar-refractivity contribution is 6.33. The van der Waals surface area contributed by atoms with Crippen LogP contribution in [0.2, 0.25) is 5.02 Å². The van der Waals surface area contributed by atoms with Crippen LogP contribution in [-0.2, 0) is 0 Å². The minimum atomic E-state index is -0.865. The first-order valence-electron chi connectivity index (χ1n) is 8.07. The Morgan fingerprint density at radius 1 is 1.42 bits per heavy atom. The molecule has 1 saturated carbocycles. The third kappa shape index (κ3) is 4.30. The molecule has 0 radical (unpaired) electrons. The Morgan fingerprint density at radius 3 is 2.50 bits per heavy atom. The van der Waals surface area contributed by atoms with Gasteiger partial charge in [-0.1, -0.05) is 11.6 Å². The first kappa shape index (κ1) is 18.3. The summed E-state index contributed by atoms with van der Waals surface area (Å²) < 4.78 is 0. The van der Waals surface area contributed by atoms with Crippen molar-refractivity contribution in [1.82, 2.24) is 9.88 Å². The van der Waals surface area contributed by atoms with Crippen LogP contribution in [0.3, 0.4) is 0 Å². The summed E-state index contributed by atoms with van der Waals surface area (Å²) in [6.07, 6.45) is 3.93. The minimum Gasteiger partial charge on any atom is -0.465 e. The van der Waals surface area contributed by atoms with Crippen molar-refractivity contribution in [3.8, 4) is 6.07 Å². The zero-order chi connectivity index (χ0) is 17.9. The Hall–Kier alpha value is -2.00. The monoisotopic (exact) mass is 350 g/mol. The maximum absolute atomic E-state index is 11.6. The molecule has 0 saturated heterocycles. The van der Waals surface area contributed by atoms with Crippen molar-refractivity contribution in [2.45, 2.75) is 64.1 Å². The van der Waals surface area contributed by atoms with E-state index in [4.69, 9.17) is 16.9 Å². The van der Waals surface area contributed by atoms with Gasteiger partial charge in [0.2, 0.25) is 0 Å². The van der Waals surface area contributed by atoms with Gasteiger partial charge in [0.05, 0.1) is 10.6 Å². The maximum Gasteiger partial charge on any atom is 0.407 e. The van der Waals surface area contributed by atoms with Crippen LogP contribution >= 0.6 is 11.6 Å². The third-order valence-electron chi connectivity index (χ3n) is 4.30. The Kier molecular flexibility index (Phi) is 5.55. The summed E-state index contributed by atoms with van der Waals surface area (Å²) in [5.41, 5.74) is 0.0194. The quantitative estimate of drug-likeness (QED) is 0.856. The molecule has 24 heavy (non-hydrogen) atoms. The normalized spacial score (nSPS) is 21.0. The molecular formula is C17H23ClN4O2. The molecule has 0 aromatic carbocycles. The number of hydrogen-bond acceptors (Lipinski definition) is 4. The fourth-order valence-electron chi connectivity index (χ4n) is 3.27. The van der Waals surface area contributed by atoms with Crippen LogP contribution in [0.15, 0.2) is 12.3 Å². The van der Waals surface area contributed by atoms with Crippen molar-refractivity contribution in [3.63, 3.8) is 0 Å². The van der Waals surface area contributed by atoms with Crippen LogP contribution < -0.4 is 5.32 Å². The lowest BCUT2D eigenvalue weighted by Gasteiger charge is -2.42. The molecule has 1 aromatic rings. The Morgan fingerprint density at radius 2 is 2.04 bits per heavy atom. The van der Waals surface area contributed by atoms with E-state index in [1.807, 2.05) is 26.8 Å². The predicted octanol–water partition coefficient (Wildman–Crippen LogP) is 4.11. The highest BCUT2D eigenvalue weighted by atomic mass is 35.5. The van der Waals surface area contributed by atoms with E-state index >= 15 is 0 Å². The van der Waals surface area contributed by atoms with Gasteiger partial charge in [-0.05, 0) is 52.5 Å². The molecule has 1 aliphatic rings. The molecule has 0 unspecified atom stereocenters. The second-order valence-corrected chi connectivity index (χ2v) is 7.55. The predicted molar refractivity (Wildman–Crippen MR) is 93.2 cm³/mol. The number of aromatic nitrogens is 1. The molecule has 6 nitrogen and oxygen atoms in total. The molecule has 130 valence electrons. The van der Waals surface area contributed by atoms with Gasteiger partial charge in [-0.25, -0.2) is 9.78 Å². The van der Waals surface area contributed by atoms with E-state index in [1.54, 1.807) is 11.0 Å². The van der Waals surface area contributed by atoms with Crippen molar-refractivity contribution >= 4 is 23.5 Å². The number of nitrogens with zero attached hydrogens (tertiary/aromatic N) is 3. The highest BCUT2D eigenvalue weighted by Gasteiger charge is 2.35. The van der Waals surface area contributed by atoms with E-state index < -0.39 is 11.6 Å². The lowest BCUT2D eigenvalue weighted by molar-refractivity contribution is 0.0556. The topological polar surface area (TPSA) is 89.2 Å². The largest absolute Gasteiger partial charge is 0.465 e. The van der Waals surface area contributed by atoms with E-state index in [-0.39, 0.29) is 12.1 Å². The van der Waals surface area contributed by atoms with Gasteiger partial charge in [0.1, 0.15) is 11.9 Å². The van der Waals surface area contributed by atoms with Gasteiger partial charge in [-0.3, -0.25) is 0 Å². The average Bonchev–Trinajstić information content (AvgIpc) is 2.49. The number of amides is 1. The second kappa shape index (κ2) is 7.27. The standard InChI is InChI=1S/C17H23ClN4O2/c1-17(2,3)22(16(23)24)13-6-4-12(5-7-13)21-15-14(18)8-11(9-19)10-20-15/h8,10,12-13H,4-7H2,1-3H3,(H,20,21)(H,23,24). The summed E-state index contributed by atoms with van der Waals surface area (Å²) in [5.74, 6) is 0.574. The van der Waals surface area contributed by atoms with Gasteiger partial charge in [0.25, 0.3) is 0 Å². The van der Waals surface area contributed by atoms with Crippen molar-refractivity contribution in [3.05, 3.63) is 22.8 Å². The minimum absolute atomic E-state index is 0.0324. The van der Waals surface area contributed by atoms with Crippen molar-refractivity contribution in [2.24, 2.45) is 0 Å². The zero-order valence-corrected chi connectivity index (χ0v) is 15.0. The molecule has 1 aliphatic carbocycles. The van der Waals surface area contributed by atoms with E-state index in [1.165, 1.54) is 6.20 Å². The lowest BCUT2D eigenvalue weighted by Crippen LogP contribution is -2.52. The third-order valence-corrected chi connectivity index (χ3v) is 4.59. The molecule has 2 N–H and O–H groups in total. The van der Waals surface area contributed by atoms with Crippen LogP contribution in [0.1, 0.15) is 52.0 Å². The second-order valence-electron chi connectivity index (χ2n) is 7.14. The molecule has 1 amide bonds. The molecule has 1 aromatic heterocycles. The maximum atomic E-state index is 11.6. The number of anilines is 1. The first-order chi connectivity index (χ1) is 11.2. The van der Waals surface area contributed by atoms with E-state index in [0.29, 0.717) is 16.4 Å². The number of pyridine rings is 1. The zero-order valence-electron chi connectivity index (χ0n) is 14.2. The van der Waals surface area contributed by atoms with Crippen LogP contribution in [0.5, 0.6) is 0 Å². The van der Waals surface area contributed by atoms with Gasteiger partial charge >= 0.3 is 6.09 Å². The number of rotatable bonds is 3. The summed E-state index contributed by atoms with van der Waals surface area (Å²) in [7, 11) is 0. The molecule has 1 fully saturated rings. The SMILES string of the molecule is CC(C)(C)N(C(=O)O)C1CCC(Nc2ncc(C#N)cc2Cl)CC1. The number of nitrogens with one attached hydrogen (secondary N) is 1. The highest BCUT2D eigenvalue weighted by Crippen LogP contribution is 2.31. The van der Waals surface area contributed by atoms with Gasteiger partial charge in [0.15, 0.2) is 0 Å². The van der Waals surface area contributed by atoms with E-state index in [2.05, 4.69) is 10.3 Å². The van der Waals surface area contributed by atoms with Crippen molar-refractivity contribution in [2.75, 3.05) is 5.32 Å².